The fourth-order valence-electron chi connectivity index (χ4n) is 1.55. The van der Waals surface area contributed by atoms with E-state index in [0.717, 1.165) is 4.90 Å². The van der Waals surface area contributed by atoms with Crippen molar-refractivity contribution in [3.8, 4) is 11.6 Å². The summed E-state index contributed by atoms with van der Waals surface area (Å²) < 4.78 is 10.2. The lowest BCUT2D eigenvalue weighted by atomic mass is 10.2. The average molecular weight is 290 g/mol. The normalized spacial score (nSPS) is 10.1. The van der Waals surface area contributed by atoms with E-state index < -0.39 is 5.97 Å². The van der Waals surface area contributed by atoms with Crippen LogP contribution in [-0.4, -0.2) is 24.3 Å². The number of nitrogens with zero attached hydrogens (tertiary/aromatic N) is 1. The molecule has 0 amide bonds. The monoisotopic (exact) mass is 290 g/mol. The topological polar surface area (TPSA) is 74.4 Å². The maximum absolute atomic E-state index is 11.5. The van der Waals surface area contributed by atoms with Crippen molar-refractivity contribution < 1.29 is 14.3 Å². The van der Waals surface area contributed by atoms with Gasteiger partial charge in [-0.2, -0.15) is 0 Å². The number of aromatic nitrogens is 1. The molecule has 0 aliphatic rings. The number of anilines is 1. The average Bonchev–Trinajstić information content (AvgIpc) is 2.49. The highest BCUT2D eigenvalue weighted by Gasteiger charge is 2.12. The molecule has 6 heteroatoms. The van der Waals surface area contributed by atoms with Crippen LogP contribution in [0.5, 0.6) is 11.6 Å². The van der Waals surface area contributed by atoms with Crippen LogP contribution in [0.15, 0.2) is 41.4 Å². The third-order valence-electron chi connectivity index (χ3n) is 2.60. The Morgan fingerprint density at radius 3 is 2.60 bits per heavy atom. The van der Waals surface area contributed by atoms with Gasteiger partial charge in [0.25, 0.3) is 0 Å². The predicted molar refractivity (Wildman–Crippen MR) is 78.3 cm³/mol. The predicted octanol–water partition coefficient (Wildman–Crippen LogP) is 2.96. The van der Waals surface area contributed by atoms with E-state index in [1.165, 1.54) is 19.4 Å². The Hall–Kier alpha value is -2.21. The highest BCUT2D eigenvalue weighted by atomic mass is 32.2. The molecule has 2 N–H and O–H groups in total. The van der Waals surface area contributed by atoms with E-state index in [9.17, 15) is 4.79 Å². The molecule has 2 rings (SSSR count). The van der Waals surface area contributed by atoms with E-state index in [-0.39, 0.29) is 17.1 Å². The van der Waals surface area contributed by atoms with Crippen molar-refractivity contribution in [2.45, 2.75) is 4.90 Å². The van der Waals surface area contributed by atoms with E-state index in [4.69, 9.17) is 10.5 Å². The number of thioether (sulfide) groups is 1. The number of hydrogen-bond donors (Lipinski definition) is 1. The van der Waals surface area contributed by atoms with Crippen LogP contribution in [0.3, 0.4) is 0 Å². The Bertz CT molecular complexity index is 614. The SMILES string of the molecule is COC(=O)c1cc(Oc2ccc(SC)cc2)ncc1N. The molecule has 2 aromatic rings. The Morgan fingerprint density at radius 2 is 2.00 bits per heavy atom. The molecule has 0 bridgehead atoms. The van der Waals surface area contributed by atoms with Crippen molar-refractivity contribution in [2.75, 3.05) is 19.1 Å². The Kier molecular flexibility index (Phi) is 4.47. The summed E-state index contributed by atoms with van der Waals surface area (Å²) in [5.41, 5.74) is 6.16. The number of benzene rings is 1. The molecular formula is C14H14N2O3S. The summed E-state index contributed by atoms with van der Waals surface area (Å²) in [6.45, 7) is 0. The first-order valence-corrected chi connectivity index (χ1v) is 7.02. The summed E-state index contributed by atoms with van der Waals surface area (Å²) in [6.07, 6.45) is 3.37. The van der Waals surface area contributed by atoms with Gasteiger partial charge in [-0.3, -0.25) is 0 Å². The summed E-state index contributed by atoms with van der Waals surface area (Å²) >= 11 is 1.65. The van der Waals surface area contributed by atoms with Crippen molar-refractivity contribution >= 4 is 23.4 Å². The van der Waals surface area contributed by atoms with Gasteiger partial charge in [-0.15, -0.1) is 11.8 Å². The van der Waals surface area contributed by atoms with Gasteiger partial charge in [0.1, 0.15) is 5.75 Å². The van der Waals surface area contributed by atoms with Crippen molar-refractivity contribution in [2.24, 2.45) is 0 Å². The molecule has 0 radical (unpaired) electrons. The first-order chi connectivity index (χ1) is 9.63. The summed E-state index contributed by atoms with van der Waals surface area (Å²) in [4.78, 5) is 16.7. The molecule has 104 valence electrons. The molecular weight excluding hydrogens is 276 g/mol. The fraction of sp³-hybridized carbons (Fsp3) is 0.143. The Labute approximate surface area is 121 Å². The van der Waals surface area contributed by atoms with Gasteiger partial charge in [0.15, 0.2) is 0 Å². The molecule has 1 aromatic heterocycles. The molecule has 0 aliphatic heterocycles. The number of rotatable bonds is 4. The molecule has 1 aromatic carbocycles. The van der Waals surface area contributed by atoms with Crippen molar-refractivity contribution in [3.63, 3.8) is 0 Å². The number of hydrogen-bond acceptors (Lipinski definition) is 6. The number of methoxy groups -OCH3 is 1. The first kappa shape index (κ1) is 14.2. The van der Waals surface area contributed by atoms with Gasteiger partial charge in [0, 0.05) is 11.0 Å². The van der Waals surface area contributed by atoms with Gasteiger partial charge in [0.2, 0.25) is 5.88 Å². The van der Waals surface area contributed by atoms with Gasteiger partial charge in [-0.25, -0.2) is 9.78 Å². The molecule has 0 saturated carbocycles. The van der Waals surface area contributed by atoms with Gasteiger partial charge in [-0.05, 0) is 30.5 Å². The van der Waals surface area contributed by atoms with Crippen LogP contribution in [0, 0.1) is 0 Å². The number of nitrogen functional groups attached to an aromatic ring is 1. The van der Waals surface area contributed by atoms with Crippen LogP contribution in [0.1, 0.15) is 10.4 Å². The number of nitrogens with two attached hydrogens (primary N) is 1. The molecule has 0 spiro atoms. The second kappa shape index (κ2) is 6.29. The molecule has 20 heavy (non-hydrogen) atoms. The zero-order chi connectivity index (χ0) is 14.5. The minimum absolute atomic E-state index is 0.234. The maximum atomic E-state index is 11.5. The molecule has 0 fully saturated rings. The summed E-state index contributed by atoms with van der Waals surface area (Å²) in [5, 5.41) is 0. The molecule has 5 nitrogen and oxygen atoms in total. The lowest BCUT2D eigenvalue weighted by Gasteiger charge is -2.08. The smallest absolute Gasteiger partial charge is 0.340 e. The van der Waals surface area contributed by atoms with E-state index in [1.54, 1.807) is 11.8 Å². The number of carbonyl (C=O) groups is 1. The summed E-state index contributed by atoms with van der Waals surface area (Å²) in [6, 6.07) is 9.02. The van der Waals surface area contributed by atoms with Gasteiger partial charge in [0.05, 0.1) is 24.6 Å². The standard InChI is InChI=1S/C14H14N2O3S/c1-18-14(17)11-7-13(16-8-12(11)15)19-9-3-5-10(20-2)6-4-9/h3-8H,15H2,1-2H3. The van der Waals surface area contributed by atoms with Crippen molar-refractivity contribution in [3.05, 3.63) is 42.1 Å². The lowest BCUT2D eigenvalue weighted by molar-refractivity contribution is 0.0601. The van der Waals surface area contributed by atoms with Crippen LogP contribution in [0.2, 0.25) is 0 Å². The van der Waals surface area contributed by atoms with E-state index in [2.05, 4.69) is 9.72 Å². The highest BCUT2D eigenvalue weighted by molar-refractivity contribution is 7.98. The number of carbonyl (C=O) groups excluding carboxylic acids is 1. The van der Waals surface area contributed by atoms with Gasteiger partial charge >= 0.3 is 5.97 Å². The van der Waals surface area contributed by atoms with Gasteiger partial charge in [-0.1, -0.05) is 0 Å². The van der Waals surface area contributed by atoms with Crippen LogP contribution in [-0.2, 0) is 4.74 Å². The third-order valence-corrected chi connectivity index (χ3v) is 3.34. The largest absolute Gasteiger partial charge is 0.465 e. The minimum Gasteiger partial charge on any atom is -0.465 e. The van der Waals surface area contributed by atoms with E-state index in [0.29, 0.717) is 5.75 Å². The quantitative estimate of drug-likeness (QED) is 0.689. The molecule has 0 atom stereocenters. The number of esters is 1. The Balaban J connectivity index is 2.22. The maximum Gasteiger partial charge on any atom is 0.340 e. The third kappa shape index (κ3) is 3.21. The van der Waals surface area contributed by atoms with Gasteiger partial charge < -0.3 is 15.2 Å². The van der Waals surface area contributed by atoms with Crippen LogP contribution in [0.4, 0.5) is 5.69 Å². The zero-order valence-corrected chi connectivity index (χ0v) is 11.9. The number of pyridine rings is 1. The minimum atomic E-state index is -0.521. The fourth-order valence-corrected chi connectivity index (χ4v) is 1.96. The Morgan fingerprint density at radius 1 is 1.30 bits per heavy atom. The van der Waals surface area contributed by atoms with Crippen molar-refractivity contribution in [1.29, 1.82) is 0 Å². The van der Waals surface area contributed by atoms with Crippen LogP contribution >= 0.6 is 11.8 Å². The van der Waals surface area contributed by atoms with Crippen LogP contribution < -0.4 is 10.5 Å². The second-order valence-corrected chi connectivity index (χ2v) is 4.76. The molecule has 0 unspecified atom stereocenters. The lowest BCUT2D eigenvalue weighted by Crippen LogP contribution is -2.06. The van der Waals surface area contributed by atoms with E-state index >= 15 is 0 Å². The van der Waals surface area contributed by atoms with Crippen molar-refractivity contribution in [1.82, 2.24) is 4.98 Å². The highest BCUT2D eigenvalue weighted by Crippen LogP contribution is 2.25. The first-order valence-electron chi connectivity index (χ1n) is 5.79. The molecule has 0 saturated heterocycles. The number of ether oxygens (including phenoxy) is 2. The summed E-state index contributed by atoms with van der Waals surface area (Å²) in [5.74, 6) is 0.403. The molecule has 0 aliphatic carbocycles. The van der Waals surface area contributed by atoms with E-state index in [1.807, 2.05) is 30.5 Å². The molecule has 1 heterocycles. The van der Waals surface area contributed by atoms with Crippen LogP contribution in [0.25, 0.3) is 0 Å². The summed E-state index contributed by atoms with van der Waals surface area (Å²) in [7, 11) is 1.30. The second-order valence-electron chi connectivity index (χ2n) is 3.88. The zero-order valence-electron chi connectivity index (χ0n) is 11.1.